The number of hydrogen-bond acceptors (Lipinski definition) is 3. The van der Waals surface area contributed by atoms with Gasteiger partial charge in [-0.25, -0.2) is 0 Å². The Morgan fingerprint density at radius 1 is 1.43 bits per heavy atom. The Labute approximate surface area is 131 Å². The van der Waals surface area contributed by atoms with Crippen LogP contribution in [0.4, 0.5) is 0 Å². The van der Waals surface area contributed by atoms with E-state index in [1.807, 2.05) is 12.1 Å². The molecular weight excluding hydrogens is 288 g/mol. The molecular formula is C16H23ClN2O2. The highest BCUT2D eigenvalue weighted by atomic mass is 35.5. The Hall–Kier alpha value is -1.26. The van der Waals surface area contributed by atoms with E-state index in [-0.39, 0.29) is 11.8 Å². The van der Waals surface area contributed by atoms with E-state index in [2.05, 4.69) is 29.4 Å². The maximum absolute atomic E-state index is 11.4. The van der Waals surface area contributed by atoms with E-state index >= 15 is 0 Å². The molecule has 1 aromatic rings. The van der Waals surface area contributed by atoms with Crippen LogP contribution in [0.25, 0.3) is 0 Å². The van der Waals surface area contributed by atoms with Crippen LogP contribution in [0.3, 0.4) is 0 Å². The predicted octanol–water partition coefficient (Wildman–Crippen LogP) is 2.43. The number of carbonyl (C=O) groups excluding carboxylic acids is 1. The molecule has 1 N–H and O–H groups in total. The third-order valence-electron chi connectivity index (χ3n) is 4.15. The van der Waals surface area contributed by atoms with Gasteiger partial charge in [-0.15, -0.1) is 11.6 Å². The van der Waals surface area contributed by atoms with Crippen LogP contribution >= 0.6 is 11.6 Å². The lowest BCUT2D eigenvalue weighted by Gasteiger charge is -2.39. The van der Waals surface area contributed by atoms with Crippen LogP contribution in [0, 0.1) is 5.92 Å². The number of carbonyl (C=O) groups is 1. The van der Waals surface area contributed by atoms with E-state index in [1.54, 1.807) is 7.11 Å². The summed E-state index contributed by atoms with van der Waals surface area (Å²) in [5.41, 5.74) is 1.27. The molecule has 4 nitrogen and oxygen atoms in total. The lowest BCUT2D eigenvalue weighted by molar-refractivity contribution is -0.119. The molecule has 116 valence electrons. The van der Waals surface area contributed by atoms with Crippen LogP contribution in [0.5, 0.6) is 5.75 Å². The quantitative estimate of drug-likeness (QED) is 0.849. The molecule has 0 aliphatic carbocycles. The zero-order chi connectivity index (χ0) is 15.2. The lowest BCUT2D eigenvalue weighted by Crippen LogP contribution is -2.42. The Bertz CT molecular complexity index is 464. The van der Waals surface area contributed by atoms with Gasteiger partial charge in [0.2, 0.25) is 5.91 Å². The van der Waals surface area contributed by atoms with E-state index in [4.69, 9.17) is 16.3 Å². The topological polar surface area (TPSA) is 41.6 Å². The van der Waals surface area contributed by atoms with E-state index in [0.29, 0.717) is 18.5 Å². The zero-order valence-electron chi connectivity index (χ0n) is 12.6. The highest BCUT2D eigenvalue weighted by Crippen LogP contribution is 2.35. The summed E-state index contributed by atoms with van der Waals surface area (Å²) in [5.74, 6) is 1.20. The van der Waals surface area contributed by atoms with Crippen molar-refractivity contribution >= 4 is 17.5 Å². The van der Waals surface area contributed by atoms with Crippen molar-refractivity contribution in [3.63, 3.8) is 0 Å². The zero-order valence-corrected chi connectivity index (χ0v) is 13.4. The molecule has 1 heterocycles. The van der Waals surface area contributed by atoms with Gasteiger partial charge in [-0.2, -0.15) is 0 Å². The van der Waals surface area contributed by atoms with Crippen molar-refractivity contribution in [1.82, 2.24) is 10.2 Å². The predicted molar refractivity (Wildman–Crippen MR) is 84.8 cm³/mol. The molecule has 0 saturated carbocycles. The SMILES string of the molecule is COc1ccc(C2C(CNC(=O)CCl)CCCN2C)cc1. The second-order valence-corrected chi connectivity index (χ2v) is 5.81. The summed E-state index contributed by atoms with van der Waals surface area (Å²) in [5, 5.41) is 2.92. The number of piperidine rings is 1. The number of rotatable bonds is 5. The van der Waals surface area contributed by atoms with Crippen LogP contribution in [0.2, 0.25) is 0 Å². The van der Waals surface area contributed by atoms with Gasteiger partial charge in [0.05, 0.1) is 7.11 Å². The summed E-state index contributed by atoms with van der Waals surface area (Å²) in [6, 6.07) is 8.53. The minimum absolute atomic E-state index is 0.0236. The normalized spacial score (nSPS) is 22.8. The van der Waals surface area contributed by atoms with Crippen LogP contribution in [-0.4, -0.2) is 43.9 Å². The van der Waals surface area contributed by atoms with Crippen LogP contribution in [-0.2, 0) is 4.79 Å². The number of benzene rings is 1. The van der Waals surface area contributed by atoms with Crippen molar-refractivity contribution < 1.29 is 9.53 Å². The Kier molecular flexibility index (Phi) is 5.88. The summed E-state index contributed by atoms with van der Waals surface area (Å²) in [6.07, 6.45) is 2.27. The van der Waals surface area contributed by atoms with Crippen molar-refractivity contribution in [2.45, 2.75) is 18.9 Å². The number of halogens is 1. The van der Waals surface area contributed by atoms with Gasteiger partial charge in [-0.05, 0) is 50.0 Å². The average molecular weight is 311 g/mol. The number of amides is 1. The van der Waals surface area contributed by atoms with Crippen molar-refractivity contribution in [3.8, 4) is 5.75 Å². The molecule has 0 aromatic heterocycles. The fourth-order valence-corrected chi connectivity index (χ4v) is 3.19. The largest absolute Gasteiger partial charge is 0.497 e. The smallest absolute Gasteiger partial charge is 0.234 e. The van der Waals surface area contributed by atoms with Gasteiger partial charge in [0.1, 0.15) is 11.6 Å². The molecule has 1 amide bonds. The molecule has 2 rings (SSSR count). The minimum atomic E-state index is -0.0987. The number of likely N-dealkylation sites (tertiary alicyclic amines) is 1. The maximum atomic E-state index is 11.4. The molecule has 2 unspecified atom stereocenters. The van der Waals surface area contributed by atoms with Gasteiger partial charge < -0.3 is 10.1 Å². The maximum Gasteiger partial charge on any atom is 0.234 e. The van der Waals surface area contributed by atoms with Crippen molar-refractivity contribution in [3.05, 3.63) is 29.8 Å². The first kappa shape index (κ1) is 16.1. The third-order valence-corrected chi connectivity index (χ3v) is 4.39. The van der Waals surface area contributed by atoms with Crippen LogP contribution < -0.4 is 10.1 Å². The summed E-state index contributed by atoms with van der Waals surface area (Å²) in [4.78, 5) is 13.8. The number of hydrogen-bond donors (Lipinski definition) is 1. The number of ether oxygens (including phenoxy) is 1. The van der Waals surface area contributed by atoms with E-state index in [1.165, 1.54) is 5.56 Å². The number of nitrogens with zero attached hydrogens (tertiary/aromatic N) is 1. The monoisotopic (exact) mass is 310 g/mol. The Morgan fingerprint density at radius 2 is 2.14 bits per heavy atom. The van der Waals surface area contributed by atoms with Gasteiger partial charge in [0, 0.05) is 12.6 Å². The van der Waals surface area contributed by atoms with Gasteiger partial charge >= 0.3 is 0 Å². The second kappa shape index (κ2) is 7.66. The molecule has 1 aliphatic heterocycles. The number of methoxy groups -OCH3 is 1. The van der Waals surface area contributed by atoms with Gasteiger partial charge in [0.25, 0.3) is 0 Å². The van der Waals surface area contributed by atoms with Crippen LogP contribution in [0.1, 0.15) is 24.4 Å². The molecule has 1 fully saturated rings. The summed E-state index contributed by atoms with van der Waals surface area (Å²) in [7, 11) is 3.82. The van der Waals surface area contributed by atoms with Crippen molar-refractivity contribution in [1.29, 1.82) is 0 Å². The first-order valence-electron chi connectivity index (χ1n) is 7.32. The van der Waals surface area contributed by atoms with Gasteiger partial charge in [-0.3, -0.25) is 9.69 Å². The van der Waals surface area contributed by atoms with E-state index in [9.17, 15) is 4.79 Å². The Balaban J connectivity index is 2.11. The Morgan fingerprint density at radius 3 is 2.76 bits per heavy atom. The average Bonchev–Trinajstić information content (AvgIpc) is 2.52. The molecule has 1 aliphatic rings. The third kappa shape index (κ3) is 4.11. The summed E-state index contributed by atoms with van der Waals surface area (Å²) < 4.78 is 5.22. The number of nitrogens with one attached hydrogen (secondary N) is 1. The fraction of sp³-hybridized carbons (Fsp3) is 0.562. The standard InChI is InChI=1S/C16H23ClN2O2/c1-19-9-3-4-13(11-18-15(20)10-17)16(19)12-5-7-14(21-2)8-6-12/h5-8,13,16H,3-4,9-11H2,1-2H3,(H,18,20). The minimum Gasteiger partial charge on any atom is -0.497 e. The molecule has 1 aromatic carbocycles. The molecule has 5 heteroatoms. The summed E-state index contributed by atoms with van der Waals surface area (Å²) >= 11 is 5.55. The molecule has 0 spiro atoms. The second-order valence-electron chi connectivity index (χ2n) is 5.54. The molecule has 1 saturated heterocycles. The van der Waals surface area contributed by atoms with Crippen molar-refractivity contribution in [2.24, 2.45) is 5.92 Å². The highest BCUT2D eigenvalue weighted by Gasteiger charge is 2.30. The molecule has 2 atom stereocenters. The number of alkyl halides is 1. The first-order chi connectivity index (χ1) is 10.2. The van der Waals surface area contributed by atoms with Crippen LogP contribution in [0.15, 0.2) is 24.3 Å². The van der Waals surface area contributed by atoms with Crippen molar-refractivity contribution in [2.75, 3.05) is 33.1 Å². The van der Waals surface area contributed by atoms with E-state index < -0.39 is 0 Å². The fourth-order valence-electron chi connectivity index (χ4n) is 3.09. The first-order valence-corrected chi connectivity index (χ1v) is 7.86. The van der Waals surface area contributed by atoms with E-state index in [0.717, 1.165) is 25.1 Å². The molecule has 0 bridgehead atoms. The molecule has 21 heavy (non-hydrogen) atoms. The summed E-state index contributed by atoms with van der Waals surface area (Å²) in [6.45, 7) is 1.75. The van der Waals surface area contributed by atoms with Gasteiger partial charge in [0.15, 0.2) is 0 Å². The van der Waals surface area contributed by atoms with Gasteiger partial charge in [-0.1, -0.05) is 12.1 Å². The highest BCUT2D eigenvalue weighted by molar-refractivity contribution is 6.27. The lowest BCUT2D eigenvalue weighted by atomic mass is 9.85. The molecule has 0 radical (unpaired) electrons.